The van der Waals surface area contributed by atoms with Crippen LogP contribution in [0.15, 0.2) is 30.3 Å². The number of methoxy groups -OCH3 is 2. The zero-order chi connectivity index (χ0) is 21.7. The fraction of sp³-hybridized carbons (Fsp3) is 0.500. The van der Waals surface area contributed by atoms with E-state index in [0.29, 0.717) is 0 Å². The van der Waals surface area contributed by atoms with Gasteiger partial charge in [-0.05, 0) is 60.7 Å². The standard InChI is InChI=1S/C24H33FN2O3/c1-17-18(2)23(29-3)8-6-20(17)15-27-11-10-26(16-21(27)9-12-28)14-19-5-7-22(25)24(13-19)30-4/h5-8,13,21,28H,9-12,14-16H2,1-4H3/t21-/m0/s1. The summed E-state index contributed by atoms with van der Waals surface area (Å²) in [6, 6.07) is 9.50. The molecule has 1 saturated heterocycles. The minimum atomic E-state index is -0.339. The molecule has 1 N–H and O–H groups in total. The van der Waals surface area contributed by atoms with E-state index < -0.39 is 0 Å². The van der Waals surface area contributed by atoms with Crippen molar-refractivity contribution >= 4 is 0 Å². The Morgan fingerprint density at radius 1 is 1.00 bits per heavy atom. The number of hydrogen-bond acceptors (Lipinski definition) is 5. The summed E-state index contributed by atoms with van der Waals surface area (Å²) in [6.45, 7) is 8.73. The van der Waals surface area contributed by atoms with Crippen LogP contribution in [-0.2, 0) is 13.1 Å². The van der Waals surface area contributed by atoms with Crippen molar-refractivity contribution in [1.82, 2.24) is 9.80 Å². The monoisotopic (exact) mass is 416 g/mol. The molecule has 30 heavy (non-hydrogen) atoms. The molecule has 2 aromatic carbocycles. The van der Waals surface area contributed by atoms with Crippen LogP contribution in [0.5, 0.6) is 11.5 Å². The highest BCUT2D eigenvalue weighted by atomic mass is 19.1. The van der Waals surface area contributed by atoms with Gasteiger partial charge in [-0.3, -0.25) is 9.80 Å². The smallest absolute Gasteiger partial charge is 0.165 e. The summed E-state index contributed by atoms with van der Waals surface area (Å²) in [5, 5.41) is 9.62. The molecule has 6 heteroatoms. The fourth-order valence-corrected chi connectivity index (χ4v) is 4.26. The molecule has 1 fully saturated rings. The van der Waals surface area contributed by atoms with Crippen LogP contribution >= 0.6 is 0 Å². The van der Waals surface area contributed by atoms with Gasteiger partial charge in [0.2, 0.25) is 0 Å². The molecule has 0 bridgehead atoms. The molecule has 3 rings (SSSR count). The van der Waals surface area contributed by atoms with Crippen molar-refractivity contribution in [3.63, 3.8) is 0 Å². The Hall–Kier alpha value is -2.15. The molecule has 2 aromatic rings. The molecule has 0 saturated carbocycles. The number of ether oxygens (including phenoxy) is 2. The first-order valence-corrected chi connectivity index (χ1v) is 10.5. The third-order valence-electron chi connectivity index (χ3n) is 6.22. The van der Waals surface area contributed by atoms with E-state index in [-0.39, 0.29) is 24.2 Å². The maximum absolute atomic E-state index is 13.7. The zero-order valence-corrected chi connectivity index (χ0v) is 18.4. The van der Waals surface area contributed by atoms with E-state index in [1.165, 1.54) is 29.9 Å². The first kappa shape index (κ1) is 22.5. The molecule has 1 aliphatic rings. The molecule has 1 aliphatic heterocycles. The summed E-state index contributed by atoms with van der Waals surface area (Å²) in [6.07, 6.45) is 0.734. The number of rotatable bonds is 8. The highest BCUT2D eigenvalue weighted by molar-refractivity contribution is 5.43. The Bertz CT molecular complexity index is 859. The van der Waals surface area contributed by atoms with E-state index in [1.807, 2.05) is 12.1 Å². The van der Waals surface area contributed by atoms with Gasteiger partial charge in [0.25, 0.3) is 0 Å². The van der Waals surface area contributed by atoms with Gasteiger partial charge >= 0.3 is 0 Å². The fourth-order valence-electron chi connectivity index (χ4n) is 4.26. The lowest BCUT2D eigenvalue weighted by Gasteiger charge is -2.41. The predicted octanol–water partition coefficient (Wildman–Crippen LogP) is 3.53. The van der Waals surface area contributed by atoms with Crippen molar-refractivity contribution in [2.75, 3.05) is 40.5 Å². The van der Waals surface area contributed by atoms with Gasteiger partial charge in [0.05, 0.1) is 14.2 Å². The van der Waals surface area contributed by atoms with E-state index in [0.717, 1.165) is 50.5 Å². The van der Waals surface area contributed by atoms with Crippen molar-refractivity contribution in [1.29, 1.82) is 0 Å². The maximum Gasteiger partial charge on any atom is 0.165 e. The third kappa shape index (κ3) is 5.12. The molecule has 0 aromatic heterocycles. The van der Waals surface area contributed by atoms with Gasteiger partial charge in [0.15, 0.2) is 11.6 Å². The van der Waals surface area contributed by atoms with Gasteiger partial charge in [-0.1, -0.05) is 12.1 Å². The molecule has 1 heterocycles. The van der Waals surface area contributed by atoms with Crippen LogP contribution in [0.1, 0.15) is 28.7 Å². The molecule has 0 spiro atoms. The summed E-state index contributed by atoms with van der Waals surface area (Å²) in [5.41, 5.74) is 4.77. The average molecular weight is 417 g/mol. The number of benzene rings is 2. The van der Waals surface area contributed by atoms with Crippen molar-refractivity contribution in [2.24, 2.45) is 0 Å². The Kier molecular flexibility index (Phi) is 7.69. The summed E-state index contributed by atoms with van der Waals surface area (Å²) < 4.78 is 24.2. The van der Waals surface area contributed by atoms with E-state index >= 15 is 0 Å². The lowest BCUT2D eigenvalue weighted by molar-refractivity contribution is 0.0498. The predicted molar refractivity (Wildman–Crippen MR) is 117 cm³/mol. The van der Waals surface area contributed by atoms with Crippen LogP contribution in [0, 0.1) is 19.7 Å². The number of nitrogens with zero attached hydrogens (tertiary/aromatic N) is 2. The van der Waals surface area contributed by atoms with Crippen LogP contribution < -0.4 is 9.47 Å². The molecule has 5 nitrogen and oxygen atoms in total. The minimum Gasteiger partial charge on any atom is -0.496 e. The lowest BCUT2D eigenvalue weighted by Crippen LogP contribution is -2.52. The zero-order valence-electron chi connectivity index (χ0n) is 18.4. The topological polar surface area (TPSA) is 45.2 Å². The van der Waals surface area contributed by atoms with Crippen molar-refractivity contribution < 1.29 is 19.0 Å². The van der Waals surface area contributed by atoms with Gasteiger partial charge < -0.3 is 14.6 Å². The first-order chi connectivity index (χ1) is 14.5. The molecule has 1 atom stereocenters. The summed E-state index contributed by atoms with van der Waals surface area (Å²) in [7, 11) is 3.19. The van der Waals surface area contributed by atoms with Crippen LogP contribution in [-0.4, -0.2) is 61.4 Å². The van der Waals surface area contributed by atoms with Crippen LogP contribution in [0.25, 0.3) is 0 Å². The number of piperazine rings is 1. The van der Waals surface area contributed by atoms with Crippen LogP contribution in [0.4, 0.5) is 4.39 Å². The lowest BCUT2D eigenvalue weighted by atomic mass is 10.00. The Labute approximate surface area is 179 Å². The first-order valence-electron chi connectivity index (χ1n) is 10.5. The van der Waals surface area contributed by atoms with E-state index in [2.05, 4.69) is 29.7 Å². The molecule has 0 radical (unpaired) electrons. The number of aliphatic hydroxyl groups is 1. The number of hydrogen-bond donors (Lipinski definition) is 1. The molecular weight excluding hydrogens is 383 g/mol. The van der Waals surface area contributed by atoms with E-state index in [4.69, 9.17) is 9.47 Å². The molecular formula is C24H33FN2O3. The SMILES string of the molecule is COc1cc(CN2CCN(Cc3ccc(OC)c(C)c3C)[C@@H](CCO)C2)ccc1F. The van der Waals surface area contributed by atoms with E-state index in [1.54, 1.807) is 13.2 Å². The van der Waals surface area contributed by atoms with Crippen molar-refractivity contribution in [3.05, 3.63) is 58.4 Å². The average Bonchev–Trinajstić information content (AvgIpc) is 2.75. The minimum absolute atomic E-state index is 0.167. The van der Waals surface area contributed by atoms with E-state index in [9.17, 15) is 9.50 Å². The quantitative estimate of drug-likeness (QED) is 0.713. The second-order valence-corrected chi connectivity index (χ2v) is 8.02. The highest BCUT2D eigenvalue weighted by Crippen LogP contribution is 2.27. The van der Waals surface area contributed by atoms with Crippen LogP contribution in [0.3, 0.4) is 0 Å². The van der Waals surface area contributed by atoms with Crippen molar-refractivity contribution in [2.45, 2.75) is 39.4 Å². The normalized spacial score (nSPS) is 17.9. The van der Waals surface area contributed by atoms with Gasteiger partial charge in [-0.2, -0.15) is 0 Å². The van der Waals surface area contributed by atoms with Gasteiger partial charge in [-0.25, -0.2) is 4.39 Å². The largest absolute Gasteiger partial charge is 0.496 e. The molecule has 0 unspecified atom stereocenters. The summed E-state index contributed by atoms with van der Waals surface area (Å²) >= 11 is 0. The molecule has 164 valence electrons. The number of aliphatic hydroxyl groups excluding tert-OH is 1. The maximum atomic E-state index is 13.7. The third-order valence-corrected chi connectivity index (χ3v) is 6.22. The Balaban J connectivity index is 1.69. The second kappa shape index (κ2) is 10.2. The Morgan fingerprint density at radius 3 is 2.47 bits per heavy atom. The summed E-state index contributed by atoms with van der Waals surface area (Å²) in [4.78, 5) is 4.84. The second-order valence-electron chi connectivity index (χ2n) is 8.02. The summed E-state index contributed by atoms with van der Waals surface area (Å²) in [5.74, 6) is 0.862. The van der Waals surface area contributed by atoms with Gasteiger partial charge in [-0.15, -0.1) is 0 Å². The van der Waals surface area contributed by atoms with Gasteiger partial charge in [0.1, 0.15) is 5.75 Å². The van der Waals surface area contributed by atoms with Crippen molar-refractivity contribution in [3.8, 4) is 11.5 Å². The highest BCUT2D eigenvalue weighted by Gasteiger charge is 2.27. The molecule has 0 amide bonds. The molecule has 0 aliphatic carbocycles. The number of halogens is 1. The van der Waals surface area contributed by atoms with Crippen LogP contribution in [0.2, 0.25) is 0 Å². The van der Waals surface area contributed by atoms with Gasteiger partial charge in [0, 0.05) is 45.4 Å². The Morgan fingerprint density at radius 2 is 1.77 bits per heavy atom.